The Hall–Kier alpha value is -1.20. The van der Waals surface area contributed by atoms with Gasteiger partial charge in [0, 0.05) is 10.9 Å². The van der Waals surface area contributed by atoms with Gasteiger partial charge in [-0.1, -0.05) is 19.0 Å². The van der Waals surface area contributed by atoms with Crippen LogP contribution in [0.2, 0.25) is 0 Å². The smallest absolute Gasteiger partial charge is 0.247 e. The van der Waals surface area contributed by atoms with E-state index in [2.05, 4.69) is 10.1 Å². The largest absolute Gasteiger partial charge is 0.337 e. The lowest BCUT2D eigenvalue weighted by atomic mass is 9.94. The molecule has 2 rings (SSSR count). The van der Waals surface area contributed by atoms with Crippen LogP contribution in [0.3, 0.4) is 0 Å². The molecule has 4 nitrogen and oxygen atoms in total. The zero-order valence-corrected chi connectivity index (χ0v) is 10.3. The highest BCUT2D eigenvalue weighted by molar-refractivity contribution is 7.08. The first-order valence-electron chi connectivity index (χ1n) is 5.35. The summed E-state index contributed by atoms with van der Waals surface area (Å²) in [6.45, 7) is 4.05. The fourth-order valence-corrected chi connectivity index (χ4v) is 2.12. The Morgan fingerprint density at radius 2 is 2.19 bits per heavy atom. The van der Waals surface area contributed by atoms with Crippen LogP contribution in [-0.4, -0.2) is 10.1 Å². The zero-order valence-electron chi connectivity index (χ0n) is 9.43. The maximum atomic E-state index is 6.19. The molecule has 0 saturated heterocycles. The van der Waals surface area contributed by atoms with Gasteiger partial charge in [-0.3, -0.25) is 0 Å². The quantitative estimate of drug-likeness (QED) is 0.888. The summed E-state index contributed by atoms with van der Waals surface area (Å²) < 4.78 is 5.25. The summed E-state index contributed by atoms with van der Waals surface area (Å²) in [5, 5.41) is 7.94. The maximum Gasteiger partial charge on any atom is 0.247 e. The van der Waals surface area contributed by atoms with Gasteiger partial charge in [-0.2, -0.15) is 16.3 Å². The standard InChI is InChI=1S/C11H15N3OS/c1-3-11(12,4-2)10-13-9(14-15-10)8-5-6-16-7-8/h5-7H,3-4,12H2,1-2H3. The molecule has 0 fully saturated rings. The molecule has 0 aliphatic carbocycles. The second-order valence-corrected chi connectivity index (χ2v) is 4.58. The first-order chi connectivity index (χ1) is 7.69. The highest BCUT2D eigenvalue weighted by Gasteiger charge is 2.30. The number of nitrogens with zero attached hydrogens (tertiary/aromatic N) is 2. The van der Waals surface area contributed by atoms with E-state index in [4.69, 9.17) is 10.3 Å². The Morgan fingerprint density at radius 1 is 1.44 bits per heavy atom. The molecule has 2 aromatic rings. The molecule has 0 aliphatic heterocycles. The Balaban J connectivity index is 2.33. The molecule has 2 N–H and O–H groups in total. The lowest BCUT2D eigenvalue weighted by Crippen LogP contribution is -2.35. The average Bonchev–Trinajstić information content (AvgIpc) is 2.97. The van der Waals surface area contributed by atoms with E-state index < -0.39 is 5.54 Å². The first-order valence-corrected chi connectivity index (χ1v) is 6.29. The van der Waals surface area contributed by atoms with Crippen LogP contribution in [-0.2, 0) is 5.54 Å². The third-order valence-electron chi connectivity index (χ3n) is 2.89. The maximum absolute atomic E-state index is 6.19. The van der Waals surface area contributed by atoms with Crippen molar-refractivity contribution in [2.75, 3.05) is 0 Å². The Morgan fingerprint density at radius 3 is 2.75 bits per heavy atom. The Kier molecular flexibility index (Phi) is 3.07. The lowest BCUT2D eigenvalue weighted by molar-refractivity contribution is 0.268. The number of thiophene rings is 1. The van der Waals surface area contributed by atoms with Gasteiger partial charge in [-0.15, -0.1) is 0 Å². The number of hydrogen-bond acceptors (Lipinski definition) is 5. The van der Waals surface area contributed by atoms with Crippen LogP contribution in [0.4, 0.5) is 0 Å². The highest BCUT2D eigenvalue weighted by Crippen LogP contribution is 2.26. The first kappa shape index (κ1) is 11.3. The minimum absolute atomic E-state index is 0.499. The summed E-state index contributed by atoms with van der Waals surface area (Å²) in [7, 11) is 0. The van der Waals surface area contributed by atoms with Crippen molar-refractivity contribution >= 4 is 11.3 Å². The van der Waals surface area contributed by atoms with Crippen LogP contribution in [0.1, 0.15) is 32.6 Å². The van der Waals surface area contributed by atoms with E-state index in [-0.39, 0.29) is 0 Å². The minimum Gasteiger partial charge on any atom is -0.337 e. The average molecular weight is 237 g/mol. The molecule has 0 atom stereocenters. The normalized spacial score (nSPS) is 11.9. The van der Waals surface area contributed by atoms with Gasteiger partial charge in [0.1, 0.15) is 0 Å². The fraction of sp³-hybridized carbons (Fsp3) is 0.455. The molecule has 16 heavy (non-hydrogen) atoms. The Bertz CT molecular complexity index is 446. The second-order valence-electron chi connectivity index (χ2n) is 3.80. The number of nitrogens with two attached hydrogens (primary N) is 1. The summed E-state index contributed by atoms with van der Waals surface area (Å²) in [4.78, 5) is 4.37. The van der Waals surface area contributed by atoms with Crippen molar-refractivity contribution in [3.05, 3.63) is 22.7 Å². The van der Waals surface area contributed by atoms with Gasteiger partial charge in [0.05, 0.1) is 5.54 Å². The van der Waals surface area contributed by atoms with E-state index in [1.807, 2.05) is 30.7 Å². The summed E-state index contributed by atoms with van der Waals surface area (Å²) in [6.07, 6.45) is 1.57. The van der Waals surface area contributed by atoms with Gasteiger partial charge in [0.2, 0.25) is 11.7 Å². The SMILES string of the molecule is CCC(N)(CC)c1nc(-c2ccsc2)no1. The molecule has 0 saturated carbocycles. The van der Waals surface area contributed by atoms with Crippen LogP contribution < -0.4 is 5.73 Å². The molecule has 0 radical (unpaired) electrons. The Labute approximate surface area is 98.5 Å². The molecular weight excluding hydrogens is 222 g/mol. The number of rotatable bonds is 4. The third kappa shape index (κ3) is 1.88. The van der Waals surface area contributed by atoms with Crippen molar-refractivity contribution in [1.82, 2.24) is 10.1 Å². The van der Waals surface area contributed by atoms with E-state index >= 15 is 0 Å². The van der Waals surface area contributed by atoms with Gasteiger partial charge in [0.25, 0.3) is 0 Å². The van der Waals surface area contributed by atoms with Gasteiger partial charge in [0.15, 0.2) is 0 Å². The van der Waals surface area contributed by atoms with Gasteiger partial charge < -0.3 is 10.3 Å². The molecule has 0 amide bonds. The molecular formula is C11H15N3OS. The van der Waals surface area contributed by atoms with E-state index in [9.17, 15) is 0 Å². The van der Waals surface area contributed by atoms with Crippen molar-refractivity contribution < 1.29 is 4.52 Å². The summed E-state index contributed by atoms with van der Waals surface area (Å²) in [5.74, 6) is 1.15. The molecule has 0 spiro atoms. The van der Waals surface area contributed by atoms with E-state index in [1.165, 1.54) is 0 Å². The molecule has 0 aliphatic rings. The van der Waals surface area contributed by atoms with Crippen LogP contribution >= 0.6 is 11.3 Å². The third-order valence-corrected chi connectivity index (χ3v) is 3.58. The van der Waals surface area contributed by atoms with Crippen LogP contribution in [0.25, 0.3) is 11.4 Å². The van der Waals surface area contributed by atoms with Gasteiger partial charge in [-0.05, 0) is 24.3 Å². The number of hydrogen-bond donors (Lipinski definition) is 1. The van der Waals surface area contributed by atoms with Crippen LogP contribution in [0, 0.1) is 0 Å². The predicted molar refractivity (Wildman–Crippen MR) is 64.1 cm³/mol. The highest BCUT2D eigenvalue weighted by atomic mass is 32.1. The van der Waals surface area contributed by atoms with Crippen molar-refractivity contribution in [3.8, 4) is 11.4 Å². The summed E-state index contributed by atoms with van der Waals surface area (Å²) in [5.41, 5.74) is 6.67. The molecule has 2 aromatic heterocycles. The van der Waals surface area contributed by atoms with E-state index in [0.717, 1.165) is 18.4 Å². The minimum atomic E-state index is -0.499. The molecule has 2 heterocycles. The fourth-order valence-electron chi connectivity index (χ4n) is 1.49. The van der Waals surface area contributed by atoms with Crippen molar-refractivity contribution in [1.29, 1.82) is 0 Å². The van der Waals surface area contributed by atoms with Crippen molar-refractivity contribution in [2.24, 2.45) is 5.73 Å². The molecule has 5 heteroatoms. The van der Waals surface area contributed by atoms with Crippen molar-refractivity contribution in [3.63, 3.8) is 0 Å². The zero-order chi connectivity index (χ0) is 11.6. The van der Waals surface area contributed by atoms with Gasteiger partial charge >= 0.3 is 0 Å². The van der Waals surface area contributed by atoms with Gasteiger partial charge in [-0.25, -0.2) is 0 Å². The molecule has 0 bridgehead atoms. The van der Waals surface area contributed by atoms with Crippen LogP contribution in [0.15, 0.2) is 21.3 Å². The number of aromatic nitrogens is 2. The topological polar surface area (TPSA) is 64.9 Å². The van der Waals surface area contributed by atoms with Crippen LogP contribution in [0.5, 0.6) is 0 Å². The van der Waals surface area contributed by atoms with E-state index in [0.29, 0.717) is 11.7 Å². The lowest BCUT2D eigenvalue weighted by Gasteiger charge is -2.20. The summed E-state index contributed by atoms with van der Waals surface area (Å²) in [6, 6.07) is 1.97. The monoisotopic (exact) mass is 237 g/mol. The predicted octanol–water partition coefficient (Wildman–Crippen LogP) is 2.77. The molecule has 86 valence electrons. The molecule has 0 unspecified atom stereocenters. The van der Waals surface area contributed by atoms with Crippen molar-refractivity contribution in [2.45, 2.75) is 32.2 Å². The summed E-state index contributed by atoms with van der Waals surface area (Å²) >= 11 is 1.61. The molecule has 0 aromatic carbocycles. The second kappa shape index (κ2) is 4.35. The van der Waals surface area contributed by atoms with E-state index in [1.54, 1.807) is 11.3 Å².